The van der Waals surface area contributed by atoms with Crippen molar-refractivity contribution in [3.05, 3.63) is 37.8 Å². The highest BCUT2D eigenvalue weighted by atomic mass is 35.5. The van der Waals surface area contributed by atoms with Crippen LogP contribution in [0.1, 0.15) is 32.1 Å². The number of hydrazone groups is 1. The molecule has 2 aromatic rings. The molecular formula is C20H26ClFN8O3S. The van der Waals surface area contributed by atoms with Crippen molar-refractivity contribution >= 4 is 34.7 Å². The maximum Gasteiger partial charge on any atom is 0.268 e. The molecule has 0 amide bonds. The van der Waals surface area contributed by atoms with Crippen molar-refractivity contribution in [3.63, 3.8) is 0 Å². The molecule has 0 bridgehead atoms. The lowest BCUT2D eigenvalue weighted by molar-refractivity contribution is -0.485. The number of nitrogens with zero attached hydrogens (tertiary/aromatic N) is 6. The second-order valence-corrected chi connectivity index (χ2v) is 9.43. The van der Waals surface area contributed by atoms with Gasteiger partial charge >= 0.3 is 0 Å². The van der Waals surface area contributed by atoms with Crippen LogP contribution in [0.15, 0.2) is 17.6 Å². The van der Waals surface area contributed by atoms with Crippen LogP contribution in [0, 0.1) is 33.2 Å². The molecule has 11 nitrogen and oxygen atoms in total. The monoisotopic (exact) mass is 512 g/mol. The fourth-order valence-electron chi connectivity index (χ4n) is 2.93. The van der Waals surface area contributed by atoms with Gasteiger partial charge in [-0.15, -0.1) is 17.3 Å². The highest BCUT2D eigenvalue weighted by Gasteiger charge is 2.32. The van der Waals surface area contributed by atoms with E-state index in [2.05, 4.69) is 56.4 Å². The standard InChI is InChI=1S/C14H18FN3O.C6H8ClN5O2S/c1-4-5-8-19-13-11(15)12(16-10-17-13)18-7-6-14(2,3)9-18;1-8-6(11-12(13)14)10-3-4-2-9-5(7)15-4/h10H,6-9H2,1-3H3;2H,3H2,1H3,(H2,8,10,11). The van der Waals surface area contributed by atoms with Gasteiger partial charge in [-0.1, -0.05) is 31.4 Å². The Bertz CT molecular complexity index is 1070. The van der Waals surface area contributed by atoms with E-state index in [1.54, 1.807) is 13.1 Å². The Morgan fingerprint density at radius 2 is 2.24 bits per heavy atom. The highest BCUT2D eigenvalue weighted by Crippen LogP contribution is 2.33. The van der Waals surface area contributed by atoms with E-state index in [9.17, 15) is 14.5 Å². The largest absolute Gasteiger partial charge is 0.462 e. The number of guanidine groups is 1. The first-order valence-corrected chi connectivity index (χ1v) is 11.4. The lowest BCUT2D eigenvalue weighted by atomic mass is 9.93. The number of hydrogen-bond donors (Lipinski definition) is 2. The molecule has 1 aliphatic heterocycles. The molecule has 1 aliphatic rings. The molecule has 0 aromatic carbocycles. The van der Waals surface area contributed by atoms with Gasteiger partial charge in [-0.3, -0.25) is 0 Å². The highest BCUT2D eigenvalue weighted by molar-refractivity contribution is 7.15. The molecule has 14 heteroatoms. The number of thiazole rings is 1. The van der Waals surface area contributed by atoms with Gasteiger partial charge in [0.15, 0.2) is 21.9 Å². The van der Waals surface area contributed by atoms with Gasteiger partial charge in [-0.05, 0) is 18.8 Å². The predicted molar refractivity (Wildman–Crippen MR) is 129 cm³/mol. The first kappa shape index (κ1) is 27.0. The van der Waals surface area contributed by atoms with E-state index in [0.29, 0.717) is 16.8 Å². The van der Waals surface area contributed by atoms with Gasteiger partial charge in [0.05, 0.1) is 6.54 Å². The molecule has 184 valence electrons. The van der Waals surface area contributed by atoms with Crippen LogP contribution in [-0.4, -0.2) is 52.7 Å². The summed E-state index contributed by atoms with van der Waals surface area (Å²) in [6, 6.07) is 0. The minimum absolute atomic E-state index is 0.0301. The van der Waals surface area contributed by atoms with Gasteiger partial charge in [-0.25, -0.2) is 20.1 Å². The van der Waals surface area contributed by atoms with Gasteiger partial charge in [0.2, 0.25) is 5.82 Å². The molecule has 1 saturated heterocycles. The van der Waals surface area contributed by atoms with Crippen molar-refractivity contribution in [1.82, 2.24) is 25.6 Å². The Morgan fingerprint density at radius 3 is 2.79 bits per heavy atom. The van der Waals surface area contributed by atoms with Crippen molar-refractivity contribution in [3.8, 4) is 17.7 Å². The van der Waals surface area contributed by atoms with Crippen molar-refractivity contribution in [1.29, 1.82) is 0 Å². The average molecular weight is 513 g/mol. The summed E-state index contributed by atoms with van der Waals surface area (Å²) >= 11 is 6.92. The summed E-state index contributed by atoms with van der Waals surface area (Å²) in [5.41, 5.74) is 0.187. The fraction of sp³-hybridized carbons (Fsp3) is 0.500. The normalized spacial score (nSPS) is 14.4. The lowest BCUT2D eigenvalue weighted by Gasteiger charge is -2.21. The minimum atomic E-state index is -0.779. The van der Waals surface area contributed by atoms with E-state index in [1.165, 1.54) is 24.7 Å². The average Bonchev–Trinajstić information content (AvgIpc) is 3.37. The molecule has 0 spiro atoms. The Balaban J connectivity index is 0.000000248. The van der Waals surface area contributed by atoms with Crippen molar-refractivity contribution < 1.29 is 14.2 Å². The molecule has 2 aromatic heterocycles. The smallest absolute Gasteiger partial charge is 0.268 e. The zero-order chi connectivity index (χ0) is 25.1. The van der Waals surface area contributed by atoms with E-state index in [4.69, 9.17) is 16.3 Å². The molecule has 3 heterocycles. The van der Waals surface area contributed by atoms with Crippen LogP contribution in [0.4, 0.5) is 10.2 Å². The maximum atomic E-state index is 14.3. The van der Waals surface area contributed by atoms with Crippen molar-refractivity contribution in [2.75, 3.05) is 31.6 Å². The van der Waals surface area contributed by atoms with E-state index >= 15 is 0 Å². The molecule has 34 heavy (non-hydrogen) atoms. The van der Waals surface area contributed by atoms with Crippen LogP contribution in [-0.2, 0) is 6.54 Å². The Labute approximate surface area is 205 Å². The number of ether oxygens (including phenoxy) is 1. The molecule has 0 atom stereocenters. The van der Waals surface area contributed by atoms with Crippen LogP contribution in [0.5, 0.6) is 5.88 Å². The van der Waals surface area contributed by atoms with E-state index in [0.717, 1.165) is 24.4 Å². The number of hydrogen-bond acceptors (Lipinski definition) is 8. The molecule has 2 N–H and O–H groups in total. The zero-order valence-corrected chi connectivity index (χ0v) is 20.8. The summed E-state index contributed by atoms with van der Waals surface area (Å²) < 4.78 is 19.9. The van der Waals surface area contributed by atoms with Gasteiger partial charge in [0, 0.05) is 31.2 Å². The van der Waals surface area contributed by atoms with Gasteiger partial charge in [-0.2, -0.15) is 9.37 Å². The fourth-order valence-corrected chi connectivity index (χ4v) is 3.85. The molecule has 1 fully saturated rings. The minimum Gasteiger partial charge on any atom is -0.462 e. The predicted octanol–water partition coefficient (Wildman–Crippen LogP) is 2.91. The third-order valence-electron chi connectivity index (χ3n) is 4.55. The number of aromatic nitrogens is 3. The third kappa shape index (κ3) is 8.60. The first-order valence-electron chi connectivity index (χ1n) is 10.2. The van der Waals surface area contributed by atoms with Crippen LogP contribution in [0.25, 0.3) is 0 Å². The van der Waals surface area contributed by atoms with Crippen LogP contribution < -0.4 is 20.3 Å². The van der Waals surface area contributed by atoms with E-state index in [-0.39, 0.29) is 23.9 Å². The zero-order valence-electron chi connectivity index (χ0n) is 19.3. The van der Waals surface area contributed by atoms with E-state index < -0.39 is 10.8 Å². The number of rotatable bonds is 6. The maximum absolute atomic E-state index is 14.3. The van der Waals surface area contributed by atoms with Gasteiger partial charge in [0.25, 0.3) is 11.8 Å². The summed E-state index contributed by atoms with van der Waals surface area (Å²) in [5, 5.41) is 17.7. The summed E-state index contributed by atoms with van der Waals surface area (Å²) in [4.78, 5) is 24.6. The summed E-state index contributed by atoms with van der Waals surface area (Å²) in [6.45, 7) is 8.15. The number of anilines is 1. The van der Waals surface area contributed by atoms with E-state index in [1.807, 2.05) is 4.90 Å². The van der Waals surface area contributed by atoms with Gasteiger partial charge in [0.1, 0.15) is 11.4 Å². The molecule has 0 saturated carbocycles. The topological polar surface area (TPSA) is 131 Å². The summed E-state index contributed by atoms with van der Waals surface area (Å²) in [5.74, 6) is 5.27. The molecule has 0 radical (unpaired) electrons. The number of nitrogens with one attached hydrogen (secondary N) is 2. The quantitative estimate of drug-likeness (QED) is 0.197. The Hall–Kier alpha value is -3.24. The van der Waals surface area contributed by atoms with Crippen molar-refractivity contribution in [2.24, 2.45) is 10.5 Å². The summed E-state index contributed by atoms with van der Waals surface area (Å²) in [7, 11) is 1.54. The van der Waals surface area contributed by atoms with Crippen LogP contribution in [0.3, 0.4) is 0 Å². The number of nitro groups is 1. The van der Waals surface area contributed by atoms with Crippen LogP contribution in [0.2, 0.25) is 4.47 Å². The molecular weight excluding hydrogens is 487 g/mol. The molecule has 0 aliphatic carbocycles. The summed E-state index contributed by atoms with van der Waals surface area (Å²) in [6.07, 6.45) is 3.95. The Morgan fingerprint density at radius 1 is 1.47 bits per heavy atom. The third-order valence-corrected chi connectivity index (χ3v) is 5.66. The SMILES string of the molecule is CC#CCOc1ncnc(N2CCC(C)(C)C2)c1F.CN/C(=N\[N+](=O)[O-])NCc1cnc(Cl)s1. The lowest BCUT2D eigenvalue weighted by Crippen LogP contribution is -2.34. The van der Waals surface area contributed by atoms with Crippen LogP contribution >= 0.6 is 22.9 Å². The number of halogens is 2. The second-order valence-electron chi connectivity index (χ2n) is 7.74. The van der Waals surface area contributed by atoms with Crippen molar-refractivity contribution in [2.45, 2.75) is 33.7 Å². The second kappa shape index (κ2) is 12.9. The Kier molecular flexibility index (Phi) is 10.2. The van der Waals surface area contributed by atoms with Gasteiger partial charge < -0.3 is 20.3 Å². The molecule has 3 rings (SSSR count). The first-order chi connectivity index (χ1) is 16.1. The molecule has 0 unspecified atom stereocenters.